The molecule has 0 spiro atoms. The Balaban J connectivity index is 1.66. The van der Waals surface area contributed by atoms with Crippen molar-refractivity contribution in [2.24, 2.45) is 5.41 Å². The Bertz CT molecular complexity index is 726. The van der Waals surface area contributed by atoms with Crippen LogP contribution in [0.15, 0.2) is 41.9 Å². The lowest BCUT2D eigenvalue weighted by molar-refractivity contribution is 0.00578. The first kappa shape index (κ1) is 20.9. The second-order valence-electron chi connectivity index (χ2n) is 9.50. The van der Waals surface area contributed by atoms with Crippen LogP contribution in [0.2, 0.25) is 0 Å². The second-order valence-corrected chi connectivity index (χ2v) is 9.50. The molecule has 1 aromatic carbocycles. The van der Waals surface area contributed by atoms with E-state index in [1.807, 2.05) is 30.3 Å². The van der Waals surface area contributed by atoms with Gasteiger partial charge in [0.2, 0.25) is 0 Å². The van der Waals surface area contributed by atoms with E-state index in [2.05, 4.69) is 52.9 Å². The summed E-state index contributed by atoms with van der Waals surface area (Å²) in [4.78, 5) is 12.4. The average Bonchev–Trinajstić information content (AvgIpc) is 2.83. The molecule has 152 valence electrons. The summed E-state index contributed by atoms with van der Waals surface area (Å²) in [5, 5.41) is 3.03. The van der Waals surface area contributed by atoms with Crippen molar-refractivity contribution >= 4 is 13.2 Å². The molecule has 1 aliphatic carbocycles. The molecule has 1 aromatic rings. The van der Waals surface area contributed by atoms with Crippen LogP contribution in [-0.4, -0.2) is 30.5 Å². The Morgan fingerprint density at radius 2 is 1.71 bits per heavy atom. The van der Waals surface area contributed by atoms with Gasteiger partial charge in [0.25, 0.3) is 0 Å². The molecule has 0 radical (unpaired) electrons. The highest BCUT2D eigenvalue weighted by molar-refractivity contribution is 6.54. The molecule has 1 fully saturated rings. The minimum Gasteiger partial charge on any atom is -0.445 e. The SMILES string of the molecule is CC1(C)CCC(B2OC(C)(C)C(C)(C)O2)=CC1NC(=O)OCc1ccccc1. The van der Waals surface area contributed by atoms with Gasteiger partial charge in [0.05, 0.1) is 17.2 Å². The van der Waals surface area contributed by atoms with Gasteiger partial charge in [-0.1, -0.05) is 50.3 Å². The zero-order valence-electron chi connectivity index (χ0n) is 17.9. The van der Waals surface area contributed by atoms with Gasteiger partial charge in [0.1, 0.15) is 6.61 Å². The average molecular weight is 385 g/mol. The Kier molecular flexibility index (Phi) is 5.66. The van der Waals surface area contributed by atoms with Crippen molar-refractivity contribution in [1.29, 1.82) is 0 Å². The van der Waals surface area contributed by atoms with E-state index in [1.54, 1.807) is 0 Å². The van der Waals surface area contributed by atoms with E-state index in [1.165, 1.54) is 0 Å². The number of rotatable bonds is 4. The molecule has 1 aliphatic heterocycles. The third-order valence-corrected chi connectivity index (χ3v) is 6.32. The summed E-state index contributed by atoms with van der Waals surface area (Å²) in [5.74, 6) is 0. The van der Waals surface area contributed by atoms with E-state index >= 15 is 0 Å². The molecule has 1 saturated heterocycles. The van der Waals surface area contributed by atoms with Gasteiger partial charge in [-0.3, -0.25) is 0 Å². The predicted octanol–water partition coefficient (Wildman–Crippen LogP) is 4.66. The number of hydrogen-bond acceptors (Lipinski definition) is 4. The van der Waals surface area contributed by atoms with Crippen molar-refractivity contribution in [2.45, 2.75) is 78.2 Å². The number of hydrogen-bond donors (Lipinski definition) is 1. The normalized spacial score (nSPS) is 25.1. The second kappa shape index (κ2) is 7.56. The summed E-state index contributed by atoms with van der Waals surface area (Å²) in [6.45, 7) is 12.8. The topological polar surface area (TPSA) is 56.8 Å². The van der Waals surface area contributed by atoms with Gasteiger partial charge in [-0.15, -0.1) is 0 Å². The number of ether oxygens (including phenoxy) is 1. The van der Waals surface area contributed by atoms with Crippen molar-refractivity contribution in [3.05, 3.63) is 47.4 Å². The highest BCUT2D eigenvalue weighted by atomic mass is 16.7. The number of alkyl carbamates (subject to hydrolysis) is 1. The van der Waals surface area contributed by atoms with Crippen LogP contribution in [0.3, 0.4) is 0 Å². The van der Waals surface area contributed by atoms with Crippen LogP contribution in [0.1, 0.15) is 59.9 Å². The first-order valence-electron chi connectivity index (χ1n) is 10.0. The molecule has 0 aromatic heterocycles. The Hall–Kier alpha value is -1.79. The van der Waals surface area contributed by atoms with E-state index < -0.39 is 6.09 Å². The van der Waals surface area contributed by atoms with Gasteiger partial charge in [-0.05, 0) is 57.0 Å². The summed E-state index contributed by atoms with van der Waals surface area (Å²) in [6.07, 6.45) is 3.51. The molecule has 1 amide bonds. The van der Waals surface area contributed by atoms with Crippen LogP contribution in [0.4, 0.5) is 4.79 Å². The third-order valence-electron chi connectivity index (χ3n) is 6.32. The van der Waals surface area contributed by atoms with E-state index in [-0.39, 0.29) is 36.4 Å². The van der Waals surface area contributed by atoms with Crippen molar-refractivity contribution in [1.82, 2.24) is 5.32 Å². The maximum absolute atomic E-state index is 12.4. The molecule has 5 nitrogen and oxygen atoms in total. The Labute approximate surface area is 169 Å². The summed E-state index contributed by atoms with van der Waals surface area (Å²) in [7, 11) is -0.370. The van der Waals surface area contributed by atoms with Gasteiger partial charge in [0.15, 0.2) is 0 Å². The largest absolute Gasteiger partial charge is 0.490 e. The van der Waals surface area contributed by atoms with Gasteiger partial charge >= 0.3 is 13.2 Å². The number of carbonyl (C=O) groups is 1. The maximum Gasteiger partial charge on any atom is 0.490 e. The van der Waals surface area contributed by atoms with Gasteiger partial charge < -0.3 is 19.4 Å². The molecular weight excluding hydrogens is 353 g/mol. The number of allylic oxidation sites excluding steroid dienone is 1. The van der Waals surface area contributed by atoms with Crippen LogP contribution in [0.5, 0.6) is 0 Å². The van der Waals surface area contributed by atoms with Crippen molar-refractivity contribution in [3.8, 4) is 0 Å². The van der Waals surface area contributed by atoms with Crippen molar-refractivity contribution < 1.29 is 18.8 Å². The Morgan fingerprint density at radius 3 is 2.32 bits per heavy atom. The van der Waals surface area contributed by atoms with Crippen LogP contribution >= 0.6 is 0 Å². The van der Waals surface area contributed by atoms with E-state index in [9.17, 15) is 4.79 Å². The molecule has 6 heteroatoms. The van der Waals surface area contributed by atoms with Crippen LogP contribution < -0.4 is 5.32 Å². The smallest absolute Gasteiger partial charge is 0.445 e. The predicted molar refractivity (Wildman–Crippen MR) is 111 cm³/mol. The molecule has 0 bridgehead atoms. The fourth-order valence-corrected chi connectivity index (χ4v) is 3.46. The number of nitrogens with one attached hydrogen (secondary N) is 1. The third kappa shape index (κ3) is 4.44. The molecule has 1 atom stereocenters. The lowest BCUT2D eigenvalue weighted by atomic mass is 9.65. The lowest BCUT2D eigenvalue weighted by Gasteiger charge is -2.37. The summed E-state index contributed by atoms with van der Waals surface area (Å²) >= 11 is 0. The molecule has 1 unspecified atom stereocenters. The first-order valence-corrected chi connectivity index (χ1v) is 10.0. The van der Waals surface area contributed by atoms with Crippen LogP contribution in [0, 0.1) is 5.41 Å². The highest BCUT2D eigenvalue weighted by Crippen LogP contribution is 2.42. The summed E-state index contributed by atoms with van der Waals surface area (Å²) in [5.41, 5.74) is 1.24. The molecule has 28 heavy (non-hydrogen) atoms. The highest BCUT2D eigenvalue weighted by Gasteiger charge is 2.53. The fraction of sp³-hybridized carbons (Fsp3) is 0.591. The van der Waals surface area contributed by atoms with Gasteiger partial charge in [-0.2, -0.15) is 0 Å². The van der Waals surface area contributed by atoms with E-state index in [4.69, 9.17) is 14.0 Å². The first-order chi connectivity index (χ1) is 13.0. The molecule has 0 saturated carbocycles. The zero-order chi connectivity index (χ0) is 20.6. The fourth-order valence-electron chi connectivity index (χ4n) is 3.46. The minimum absolute atomic E-state index is 0.0705. The van der Waals surface area contributed by atoms with Crippen LogP contribution in [0.25, 0.3) is 0 Å². The quantitative estimate of drug-likeness (QED) is 0.766. The Morgan fingerprint density at radius 1 is 1.11 bits per heavy atom. The van der Waals surface area contributed by atoms with Crippen molar-refractivity contribution in [3.63, 3.8) is 0 Å². The van der Waals surface area contributed by atoms with Crippen LogP contribution in [-0.2, 0) is 20.7 Å². The van der Waals surface area contributed by atoms with Gasteiger partial charge in [-0.25, -0.2) is 4.79 Å². The van der Waals surface area contributed by atoms with E-state index in [0.717, 1.165) is 23.9 Å². The summed E-state index contributed by atoms with van der Waals surface area (Å²) < 4.78 is 17.8. The maximum atomic E-state index is 12.4. The lowest BCUT2D eigenvalue weighted by Crippen LogP contribution is -2.47. The minimum atomic E-state index is -0.409. The number of benzene rings is 1. The zero-order valence-corrected chi connectivity index (χ0v) is 17.9. The molecule has 2 aliphatic rings. The number of amides is 1. The summed E-state index contributed by atoms with van der Waals surface area (Å²) in [6, 6.07) is 9.54. The number of carbonyl (C=O) groups excluding carboxylic acids is 1. The molecular formula is C22H32BNO4. The standard InChI is InChI=1S/C22H32BNO4/c1-20(2)13-12-17(23-27-21(3,4)22(5,6)28-23)14-18(20)24-19(25)26-15-16-10-8-7-9-11-16/h7-11,14,18H,12-13,15H2,1-6H3,(H,24,25). The van der Waals surface area contributed by atoms with Crippen molar-refractivity contribution in [2.75, 3.05) is 0 Å². The van der Waals surface area contributed by atoms with E-state index in [0.29, 0.717) is 0 Å². The van der Waals surface area contributed by atoms with Gasteiger partial charge in [0, 0.05) is 0 Å². The monoisotopic (exact) mass is 385 g/mol. The molecule has 3 rings (SSSR count). The molecule has 1 heterocycles. The molecule has 1 N–H and O–H groups in total.